The molecule has 1 atom stereocenters. The molecule has 0 fully saturated rings. The molecule has 0 bridgehead atoms. The lowest BCUT2D eigenvalue weighted by atomic mass is 10.1. The van der Waals surface area contributed by atoms with Crippen molar-refractivity contribution in [3.63, 3.8) is 0 Å². The molecule has 20 heavy (non-hydrogen) atoms. The Hall–Kier alpha value is -1.55. The molecule has 0 aliphatic carbocycles. The highest BCUT2D eigenvalue weighted by Gasteiger charge is 2.10. The molecule has 0 radical (unpaired) electrons. The average Bonchev–Trinajstić information content (AvgIpc) is 2.43. The maximum absolute atomic E-state index is 11.5. The number of hydrogen-bond donors (Lipinski definition) is 1. The van der Waals surface area contributed by atoms with Crippen LogP contribution in [-0.4, -0.2) is 38.1 Å². The van der Waals surface area contributed by atoms with Crippen LogP contribution in [0.4, 0.5) is 0 Å². The van der Waals surface area contributed by atoms with Gasteiger partial charge >= 0.3 is 0 Å². The topological polar surface area (TPSA) is 41.6 Å². The van der Waals surface area contributed by atoms with Crippen LogP contribution in [0.1, 0.15) is 38.3 Å². The van der Waals surface area contributed by atoms with Crippen molar-refractivity contribution >= 4 is 5.91 Å². The average molecular weight is 278 g/mol. The summed E-state index contributed by atoms with van der Waals surface area (Å²) >= 11 is 0. The maximum Gasteiger partial charge on any atom is 0.222 e. The quantitative estimate of drug-likeness (QED) is 0.743. The first-order valence-electron chi connectivity index (χ1n) is 7.21. The van der Waals surface area contributed by atoms with Gasteiger partial charge in [0, 0.05) is 32.1 Å². The Kier molecular flexibility index (Phi) is 7.09. The van der Waals surface area contributed by atoms with Crippen LogP contribution in [-0.2, 0) is 4.79 Å². The van der Waals surface area contributed by atoms with Gasteiger partial charge in [-0.05, 0) is 26.0 Å². The van der Waals surface area contributed by atoms with E-state index >= 15 is 0 Å². The van der Waals surface area contributed by atoms with Gasteiger partial charge in [0.25, 0.3) is 0 Å². The van der Waals surface area contributed by atoms with Gasteiger partial charge in [-0.1, -0.05) is 25.1 Å². The Labute approximate surface area is 122 Å². The fourth-order valence-corrected chi connectivity index (χ4v) is 2.01. The van der Waals surface area contributed by atoms with Gasteiger partial charge in [0.15, 0.2) is 0 Å². The second-order valence-corrected chi connectivity index (χ2v) is 5.06. The zero-order valence-corrected chi connectivity index (χ0v) is 13.0. The van der Waals surface area contributed by atoms with Crippen LogP contribution in [0.2, 0.25) is 0 Å². The monoisotopic (exact) mass is 278 g/mol. The highest BCUT2D eigenvalue weighted by molar-refractivity contribution is 5.75. The number of amides is 1. The molecule has 0 saturated heterocycles. The molecule has 0 heterocycles. The number of nitrogens with one attached hydrogen (secondary N) is 1. The minimum Gasteiger partial charge on any atom is -0.493 e. The van der Waals surface area contributed by atoms with Crippen molar-refractivity contribution in [1.29, 1.82) is 0 Å². The lowest BCUT2D eigenvalue weighted by molar-refractivity contribution is -0.128. The molecule has 0 aliphatic heterocycles. The SMILES string of the molecule is CCNC(C)c1ccccc1OCCCC(=O)N(C)C. The first-order chi connectivity index (χ1) is 9.56. The molecule has 4 nitrogen and oxygen atoms in total. The fourth-order valence-electron chi connectivity index (χ4n) is 2.01. The van der Waals surface area contributed by atoms with Crippen molar-refractivity contribution < 1.29 is 9.53 Å². The van der Waals surface area contributed by atoms with E-state index < -0.39 is 0 Å². The van der Waals surface area contributed by atoms with E-state index in [-0.39, 0.29) is 11.9 Å². The van der Waals surface area contributed by atoms with Crippen molar-refractivity contribution in [2.75, 3.05) is 27.2 Å². The second kappa shape index (κ2) is 8.59. The van der Waals surface area contributed by atoms with Crippen molar-refractivity contribution in [2.45, 2.75) is 32.7 Å². The van der Waals surface area contributed by atoms with Gasteiger partial charge in [-0.15, -0.1) is 0 Å². The Morgan fingerprint density at radius 1 is 1.35 bits per heavy atom. The number of rotatable bonds is 8. The molecule has 0 aromatic heterocycles. The van der Waals surface area contributed by atoms with Gasteiger partial charge < -0.3 is 15.0 Å². The summed E-state index contributed by atoms with van der Waals surface area (Å²) in [7, 11) is 3.55. The van der Waals surface area contributed by atoms with Gasteiger partial charge in [0.2, 0.25) is 5.91 Å². The largest absolute Gasteiger partial charge is 0.493 e. The summed E-state index contributed by atoms with van der Waals surface area (Å²) in [5.41, 5.74) is 1.16. The zero-order valence-electron chi connectivity index (χ0n) is 13.0. The standard InChI is InChI=1S/C16H26N2O2/c1-5-17-13(2)14-9-6-7-10-15(14)20-12-8-11-16(19)18(3)4/h6-7,9-10,13,17H,5,8,11-12H2,1-4H3. The van der Waals surface area contributed by atoms with Gasteiger partial charge in [-0.25, -0.2) is 0 Å². The van der Waals surface area contributed by atoms with Crippen LogP contribution in [0.5, 0.6) is 5.75 Å². The van der Waals surface area contributed by atoms with E-state index in [9.17, 15) is 4.79 Å². The number of nitrogens with zero attached hydrogens (tertiary/aromatic N) is 1. The molecule has 1 aromatic rings. The molecule has 0 spiro atoms. The molecule has 1 N–H and O–H groups in total. The van der Waals surface area contributed by atoms with Crippen molar-refractivity contribution in [2.24, 2.45) is 0 Å². The first-order valence-corrected chi connectivity index (χ1v) is 7.21. The van der Waals surface area contributed by atoms with Crippen LogP contribution in [0.3, 0.4) is 0 Å². The third kappa shape index (κ3) is 5.21. The molecular weight excluding hydrogens is 252 g/mol. The summed E-state index contributed by atoms with van der Waals surface area (Å²) in [5, 5.41) is 3.38. The third-order valence-corrected chi connectivity index (χ3v) is 3.19. The van der Waals surface area contributed by atoms with E-state index in [2.05, 4.69) is 25.2 Å². The van der Waals surface area contributed by atoms with Crippen LogP contribution >= 0.6 is 0 Å². The van der Waals surface area contributed by atoms with Gasteiger partial charge in [-0.3, -0.25) is 4.79 Å². The fraction of sp³-hybridized carbons (Fsp3) is 0.562. The number of benzene rings is 1. The molecule has 4 heteroatoms. The molecule has 112 valence electrons. The molecule has 1 rings (SSSR count). The second-order valence-electron chi connectivity index (χ2n) is 5.06. The van der Waals surface area contributed by atoms with E-state index in [4.69, 9.17) is 4.74 Å². The van der Waals surface area contributed by atoms with Gasteiger partial charge in [0.05, 0.1) is 6.61 Å². The number of carbonyl (C=O) groups excluding carboxylic acids is 1. The van der Waals surface area contributed by atoms with Crippen molar-refractivity contribution in [3.8, 4) is 5.75 Å². The lowest BCUT2D eigenvalue weighted by Gasteiger charge is -2.17. The van der Waals surface area contributed by atoms with Crippen LogP contribution in [0.25, 0.3) is 0 Å². The number of para-hydroxylation sites is 1. The van der Waals surface area contributed by atoms with E-state index in [1.807, 2.05) is 18.2 Å². The highest BCUT2D eigenvalue weighted by atomic mass is 16.5. The molecule has 1 unspecified atom stereocenters. The van der Waals surface area contributed by atoms with E-state index in [1.165, 1.54) is 0 Å². The first kappa shape index (κ1) is 16.5. The minimum absolute atomic E-state index is 0.142. The summed E-state index contributed by atoms with van der Waals surface area (Å²) in [4.78, 5) is 13.1. The molecular formula is C16H26N2O2. The normalized spacial score (nSPS) is 12.0. The molecule has 1 aromatic carbocycles. The van der Waals surface area contributed by atoms with Gasteiger partial charge in [-0.2, -0.15) is 0 Å². The Bertz CT molecular complexity index is 419. The van der Waals surface area contributed by atoms with Crippen molar-refractivity contribution in [1.82, 2.24) is 10.2 Å². The summed E-state index contributed by atoms with van der Waals surface area (Å²) in [6.07, 6.45) is 1.26. The Morgan fingerprint density at radius 3 is 2.70 bits per heavy atom. The predicted molar refractivity (Wildman–Crippen MR) is 82.0 cm³/mol. The molecule has 0 aliphatic rings. The van der Waals surface area contributed by atoms with E-state index in [1.54, 1.807) is 19.0 Å². The summed E-state index contributed by atoms with van der Waals surface area (Å²) in [6, 6.07) is 8.32. The van der Waals surface area contributed by atoms with Crippen molar-refractivity contribution in [3.05, 3.63) is 29.8 Å². The Morgan fingerprint density at radius 2 is 2.05 bits per heavy atom. The Balaban J connectivity index is 2.49. The minimum atomic E-state index is 0.142. The number of ether oxygens (including phenoxy) is 1. The van der Waals surface area contributed by atoms with Crippen LogP contribution in [0.15, 0.2) is 24.3 Å². The predicted octanol–water partition coefficient (Wildman–Crippen LogP) is 2.60. The lowest BCUT2D eigenvalue weighted by Crippen LogP contribution is -2.22. The molecule has 0 saturated carbocycles. The number of carbonyl (C=O) groups is 1. The maximum atomic E-state index is 11.5. The van der Waals surface area contributed by atoms with Crippen LogP contribution in [0, 0.1) is 0 Å². The smallest absolute Gasteiger partial charge is 0.222 e. The van der Waals surface area contributed by atoms with Gasteiger partial charge in [0.1, 0.15) is 5.75 Å². The van der Waals surface area contributed by atoms with E-state index in [0.29, 0.717) is 13.0 Å². The highest BCUT2D eigenvalue weighted by Crippen LogP contribution is 2.24. The van der Waals surface area contributed by atoms with Crippen LogP contribution < -0.4 is 10.1 Å². The number of hydrogen-bond acceptors (Lipinski definition) is 3. The zero-order chi connectivity index (χ0) is 15.0. The summed E-state index contributed by atoms with van der Waals surface area (Å²) < 4.78 is 5.82. The summed E-state index contributed by atoms with van der Waals surface area (Å²) in [6.45, 7) is 5.70. The van der Waals surface area contributed by atoms with E-state index in [0.717, 1.165) is 24.3 Å². The third-order valence-electron chi connectivity index (χ3n) is 3.19. The molecule has 1 amide bonds. The summed E-state index contributed by atoms with van der Waals surface area (Å²) in [5.74, 6) is 1.04.